The van der Waals surface area contributed by atoms with Gasteiger partial charge < -0.3 is 4.74 Å². The van der Waals surface area contributed by atoms with Crippen LogP contribution in [0.15, 0.2) is 23.2 Å². The lowest BCUT2D eigenvalue weighted by Crippen LogP contribution is -2.45. The molecule has 0 fully saturated rings. The fraction of sp³-hybridized carbons (Fsp3) is 0.500. The van der Waals surface area contributed by atoms with E-state index in [2.05, 4.69) is 10.1 Å². The van der Waals surface area contributed by atoms with Gasteiger partial charge in [-0.25, -0.2) is 4.79 Å². The maximum absolute atomic E-state index is 13.2. The molecular weight excluding hydrogens is 466 g/mol. The van der Waals surface area contributed by atoms with Crippen molar-refractivity contribution in [2.45, 2.75) is 58.0 Å². The molecule has 6 nitrogen and oxygen atoms in total. The van der Waals surface area contributed by atoms with Crippen LogP contribution in [0.3, 0.4) is 0 Å². The molecule has 1 aromatic heterocycles. The predicted octanol–water partition coefficient (Wildman–Crippen LogP) is 6.07. The van der Waals surface area contributed by atoms with Crippen LogP contribution < -0.4 is 4.90 Å². The highest BCUT2D eigenvalue weighted by molar-refractivity contribution is 5.89. The summed E-state index contributed by atoms with van der Waals surface area (Å²) in [6.07, 6.45) is -8.62. The van der Waals surface area contributed by atoms with Gasteiger partial charge in [0.05, 0.1) is 29.5 Å². The number of fused-ring (bicyclic) bond motifs is 1. The van der Waals surface area contributed by atoms with E-state index < -0.39 is 35.6 Å². The molecule has 1 amide bonds. The third-order valence-electron chi connectivity index (χ3n) is 5.61. The number of amides is 1. The Kier molecular flexibility index (Phi) is 6.99. The summed E-state index contributed by atoms with van der Waals surface area (Å²) in [6.45, 7) is 5.39. The fourth-order valence-corrected chi connectivity index (χ4v) is 4.13. The molecule has 0 N–H and O–H groups in total. The maximum Gasteiger partial charge on any atom is 0.416 e. The summed E-state index contributed by atoms with van der Waals surface area (Å²) < 4.78 is 85.8. The van der Waals surface area contributed by atoms with Crippen LogP contribution in [0.5, 0.6) is 0 Å². The molecule has 34 heavy (non-hydrogen) atoms. The third-order valence-corrected chi connectivity index (χ3v) is 5.61. The van der Waals surface area contributed by atoms with Crippen LogP contribution in [0.4, 0.5) is 37.0 Å². The number of hydrogen-bond acceptors (Lipinski definition) is 4. The van der Waals surface area contributed by atoms with Crippen LogP contribution in [-0.2, 0) is 24.1 Å². The minimum absolute atomic E-state index is 0.0751. The Labute approximate surface area is 192 Å². The Morgan fingerprint density at radius 2 is 1.74 bits per heavy atom. The lowest BCUT2D eigenvalue weighted by Gasteiger charge is -2.37. The smallest absolute Gasteiger partial charge is 0.416 e. The molecule has 2 atom stereocenters. The average Bonchev–Trinajstić information content (AvgIpc) is 3.04. The van der Waals surface area contributed by atoms with Crippen molar-refractivity contribution >= 4 is 18.1 Å². The van der Waals surface area contributed by atoms with Crippen molar-refractivity contribution in [1.82, 2.24) is 9.78 Å². The monoisotopic (exact) mass is 490 g/mol. The molecule has 0 radical (unpaired) electrons. The van der Waals surface area contributed by atoms with Gasteiger partial charge in [0, 0.05) is 24.9 Å². The number of ether oxygens (including phenoxy) is 1. The van der Waals surface area contributed by atoms with Crippen molar-refractivity contribution in [1.29, 1.82) is 0 Å². The summed E-state index contributed by atoms with van der Waals surface area (Å²) in [4.78, 5) is 18.5. The number of halogens is 6. The van der Waals surface area contributed by atoms with Gasteiger partial charge in [-0.15, -0.1) is 0 Å². The third kappa shape index (κ3) is 5.05. The van der Waals surface area contributed by atoms with Gasteiger partial charge >= 0.3 is 18.4 Å². The Morgan fingerprint density at radius 1 is 1.15 bits per heavy atom. The first-order valence-corrected chi connectivity index (χ1v) is 10.6. The van der Waals surface area contributed by atoms with Crippen molar-refractivity contribution in [3.05, 3.63) is 46.1 Å². The normalized spacial score (nSPS) is 18.9. The lowest BCUT2D eigenvalue weighted by molar-refractivity contribution is -0.143. The topological polar surface area (TPSA) is 59.7 Å². The summed E-state index contributed by atoms with van der Waals surface area (Å²) in [5, 5.41) is 4.35. The molecule has 186 valence electrons. The molecule has 2 unspecified atom stereocenters. The van der Waals surface area contributed by atoms with E-state index in [-0.39, 0.29) is 24.3 Å². The molecule has 2 heterocycles. The molecule has 1 aromatic carbocycles. The van der Waals surface area contributed by atoms with E-state index in [4.69, 9.17) is 4.74 Å². The van der Waals surface area contributed by atoms with Crippen LogP contribution in [0.1, 0.15) is 60.7 Å². The summed E-state index contributed by atoms with van der Waals surface area (Å²) >= 11 is 0. The summed E-state index contributed by atoms with van der Waals surface area (Å²) in [7, 11) is 1.64. The second-order valence-corrected chi connectivity index (χ2v) is 7.95. The maximum atomic E-state index is 13.2. The molecule has 0 spiro atoms. The number of nitrogens with zero attached hydrogens (tertiary/aromatic N) is 4. The Balaban J connectivity index is 2.07. The number of carbonyl (C=O) groups is 1. The summed E-state index contributed by atoms with van der Waals surface area (Å²) in [5.41, 5.74) is -2.04. The molecule has 12 heteroatoms. The number of alkyl halides is 6. The summed E-state index contributed by atoms with van der Waals surface area (Å²) in [6, 6.07) is 0.353. The van der Waals surface area contributed by atoms with E-state index in [1.165, 1.54) is 9.58 Å². The Bertz CT molecular complexity index is 1060. The second kappa shape index (κ2) is 9.30. The Morgan fingerprint density at radius 3 is 2.24 bits per heavy atom. The van der Waals surface area contributed by atoms with Crippen LogP contribution >= 0.6 is 0 Å². The molecule has 0 saturated heterocycles. The van der Waals surface area contributed by atoms with Crippen molar-refractivity contribution < 1.29 is 35.9 Å². The van der Waals surface area contributed by atoms with Gasteiger partial charge in [-0.2, -0.15) is 31.4 Å². The molecule has 1 aliphatic rings. The van der Waals surface area contributed by atoms with Crippen LogP contribution in [-0.4, -0.2) is 34.7 Å². The zero-order chi connectivity index (χ0) is 25.4. The molecule has 1 aliphatic heterocycles. The van der Waals surface area contributed by atoms with Crippen molar-refractivity contribution in [3.63, 3.8) is 0 Å². The number of hydrogen-bond donors (Lipinski definition) is 0. The molecule has 2 aromatic rings. The van der Waals surface area contributed by atoms with E-state index in [9.17, 15) is 31.1 Å². The number of aryl methyl sites for hydroxylation is 2. The van der Waals surface area contributed by atoms with Crippen molar-refractivity contribution in [3.8, 4) is 0 Å². The number of carbonyl (C=O) groups excluding carboxylic acids is 1. The van der Waals surface area contributed by atoms with E-state index in [0.29, 0.717) is 42.0 Å². The van der Waals surface area contributed by atoms with Crippen LogP contribution in [0.2, 0.25) is 0 Å². The molecular formula is C22H24F6N4O2. The van der Waals surface area contributed by atoms with E-state index in [1.54, 1.807) is 20.9 Å². The van der Waals surface area contributed by atoms with E-state index >= 15 is 0 Å². The Hall–Kier alpha value is -3.05. The SMILES string of the molecule is CCOC(=O)N1c2c(c(C)nn2C)C(/N=C\c2cc(C(F)(F)F)cc(C(F)(F)F)c2)CC1CC. The zero-order valence-electron chi connectivity index (χ0n) is 19.0. The second-order valence-electron chi connectivity index (χ2n) is 7.95. The van der Waals surface area contributed by atoms with E-state index in [1.807, 2.05) is 6.92 Å². The molecule has 0 aliphatic carbocycles. The first kappa shape index (κ1) is 25.6. The van der Waals surface area contributed by atoms with Gasteiger partial charge in [-0.1, -0.05) is 6.92 Å². The predicted molar refractivity (Wildman–Crippen MR) is 113 cm³/mol. The molecule has 3 rings (SSSR count). The van der Waals surface area contributed by atoms with Gasteiger partial charge in [-0.3, -0.25) is 14.6 Å². The number of benzene rings is 1. The summed E-state index contributed by atoms with van der Waals surface area (Å²) in [5.74, 6) is 0.441. The number of aromatic nitrogens is 2. The van der Waals surface area contributed by atoms with Crippen molar-refractivity contribution in [2.75, 3.05) is 11.5 Å². The highest BCUT2D eigenvalue weighted by Gasteiger charge is 2.40. The minimum Gasteiger partial charge on any atom is -0.449 e. The highest BCUT2D eigenvalue weighted by Crippen LogP contribution is 2.42. The number of anilines is 1. The first-order valence-electron chi connectivity index (χ1n) is 10.6. The van der Waals surface area contributed by atoms with Gasteiger partial charge in [0.2, 0.25) is 0 Å². The minimum atomic E-state index is -4.95. The van der Waals surface area contributed by atoms with Gasteiger partial charge in [0.25, 0.3) is 0 Å². The molecule has 0 saturated carbocycles. The first-order chi connectivity index (χ1) is 15.8. The van der Waals surface area contributed by atoms with Gasteiger partial charge in [-0.05, 0) is 50.5 Å². The van der Waals surface area contributed by atoms with Gasteiger partial charge in [0.15, 0.2) is 0 Å². The average molecular weight is 490 g/mol. The van der Waals surface area contributed by atoms with E-state index in [0.717, 1.165) is 6.21 Å². The lowest BCUT2D eigenvalue weighted by atomic mass is 9.92. The van der Waals surface area contributed by atoms with Crippen LogP contribution in [0, 0.1) is 6.92 Å². The number of rotatable bonds is 4. The number of aliphatic imine (C=N–C) groups is 1. The van der Waals surface area contributed by atoms with Crippen LogP contribution in [0.25, 0.3) is 0 Å². The quantitative estimate of drug-likeness (QED) is 0.386. The zero-order valence-corrected chi connectivity index (χ0v) is 19.0. The largest absolute Gasteiger partial charge is 0.449 e. The van der Waals surface area contributed by atoms with Crippen molar-refractivity contribution in [2.24, 2.45) is 12.0 Å². The standard InChI is InChI=1S/C22H24F6N4O2/c1-5-16-10-17(18-12(3)30-31(4)19(18)32(16)20(33)34-6-2)29-11-13-7-14(21(23,24)25)9-15(8-13)22(26,27)28/h7-9,11,16-17H,5-6,10H2,1-4H3/b29-11-. The van der Waals surface area contributed by atoms with Gasteiger partial charge in [0.1, 0.15) is 5.82 Å². The highest BCUT2D eigenvalue weighted by atomic mass is 19.4. The molecule has 0 bridgehead atoms. The fourth-order valence-electron chi connectivity index (χ4n) is 4.13.